The summed E-state index contributed by atoms with van der Waals surface area (Å²) in [6.07, 6.45) is 0. The summed E-state index contributed by atoms with van der Waals surface area (Å²) in [6.45, 7) is 13.8. The van der Waals surface area contributed by atoms with Gasteiger partial charge in [0.15, 0.2) is 0 Å². The van der Waals surface area contributed by atoms with Gasteiger partial charge in [0.05, 0.1) is 47.1 Å². The first-order chi connectivity index (χ1) is 25.4. The fourth-order valence-electron chi connectivity index (χ4n) is 7.50. The van der Waals surface area contributed by atoms with Crippen molar-refractivity contribution in [1.29, 1.82) is 0 Å². The van der Waals surface area contributed by atoms with Crippen molar-refractivity contribution in [1.82, 2.24) is 14.5 Å². The Balaban J connectivity index is 1.33. The minimum absolute atomic E-state index is 0.156. The molecule has 0 spiro atoms. The maximum Gasteiger partial charge on any atom is 0.145 e. The molecule has 1 aliphatic heterocycles. The van der Waals surface area contributed by atoms with Gasteiger partial charge in [-0.25, -0.2) is 9.97 Å². The fourth-order valence-corrected chi connectivity index (χ4v) is 8.65. The molecular formula is C47H41N3O2Si. The lowest BCUT2D eigenvalue weighted by atomic mass is 9.84. The minimum Gasteiger partial charge on any atom is -0.507 e. The summed E-state index contributed by atoms with van der Waals surface area (Å²) in [5.41, 5.74) is 10.5. The monoisotopic (exact) mass is 707 g/mol. The third-order valence-electron chi connectivity index (χ3n) is 10.4. The number of benzene rings is 6. The highest BCUT2D eigenvalue weighted by Crippen LogP contribution is 2.50. The van der Waals surface area contributed by atoms with Crippen LogP contribution in [0.4, 0.5) is 0 Å². The lowest BCUT2D eigenvalue weighted by Crippen LogP contribution is -2.37. The van der Waals surface area contributed by atoms with Crippen molar-refractivity contribution < 1.29 is 9.84 Å². The zero-order valence-electron chi connectivity index (χ0n) is 30.9. The number of imidazole rings is 1. The number of ether oxygens (including phenoxy) is 1. The predicted molar refractivity (Wildman–Crippen MR) is 222 cm³/mol. The molecule has 6 aromatic carbocycles. The molecule has 6 heteroatoms. The largest absolute Gasteiger partial charge is 0.507 e. The SMILES string of the molecule is CC(C)(C)c1cc(-c2cc3cc([Si](C)(C)C)cc4c3c(n2)-c2c(O)cccc2O4)cc(-c2nc3ccccc3n2-c2ccccc2-c2ccccc2)c1. The summed E-state index contributed by atoms with van der Waals surface area (Å²) in [7, 11) is -1.72. The molecule has 3 heterocycles. The van der Waals surface area contributed by atoms with Crippen LogP contribution in [-0.2, 0) is 5.41 Å². The molecule has 0 atom stereocenters. The molecule has 0 radical (unpaired) electrons. The summed E-state index contributed by atoms with van der Waals surface area (Å²) in [5.74, 6) is 2.43. The van der Waals surface area contributed by atoms with Gasteiger partial charge in [-0.3, -0.25) is 4.57 Å². The average Bonchev–Trinajstić information content (AvgIpc) is 3.54. The van der Waals surface area contributed by atoms with Gasteiger partial charge < -0.3 is 9.84 Å². The van der Waals surface area contributed by atoms with Crippen LogP contribution < -0.4 is 9.92 Å². The van der Waals surface area contributed by atoms with E-state index in [1.54, 1.807) is 6.07 Å². The van der Waals surface area contributed by atoms with Crippen LogP contribution in [0.15, 0.2) is 133 Å². The standard InChI is InChI=1S/C47H41N3O2Si/c1-47(2,3)33-24-30(37-27-31-26-34(53(4,5)6)28-42-43(31)45(48-37)44-40(51)21-14-22-41(44)52-42)23-32(25-33)46-49-36-18-11-13-20-39(36)50(46)38-19-12-10-17-35(38)29-15-8-7-9-16-29/h7-28,51H,1-6H3. The number of phenols is 1. The van der Waals surface area contributed by atoms with E-state index in [4.69, 9.17) is 14.7 Å². The maximum atomic E-state index is 11.2. The van der Waals surface area contributed by atoms with Crippen LogP contribution >= 0.6 is 0 Å². The second kappa shape index (κ2) is 12.0. The number of aromatic hydroxyl groups is 1. The average molecular weight is 708 g/mol. The third-order valence-corrected chi connectivity index (χ3v) is 12.4. The van der Waals surface area contributed by atoms with E-state index in [-0.39, 0.29) is 11.2 Å². The topological polar surface area (TPSA) is 60.2 Å². The van der Waals surface area contributed by atoms with Crippen molar-refractivity contribution >= 4 is 35.1 Å². The van der Waals surface area contributed by atoms with Gasteiger partial charge in [0.25, 0.3) is 0 Å². The molecule has 5 nitrogen and oxygen atoms in total. The number of pyridine rings is 1. The molecule has 1 N–H and O–H groups in total. The Hall–Kier alpha value is -5.98. The van der Waals surface area contributed by atoms with Gasteiger partial charge in [0.2, 0.25) is 0 Å². The van der Waals surface area contributed by atoms with Gasteiger partial charge in [-0.05, 0) is 82.6 Å². The molecule has 0 aliphatic carbocycles. The Morgan fingerprint density at radius 3 is 2.19 bits per heavy atom. The molecule has 9 rings (SSSR count). The van der Waals surface area contributed by atoms with Gasteiger partial charge in [-0.15, -0.1) is 0 Å². The van der Waals surface area contributed by atoms with Crippen LogP contribution in [0.3, 0.4) is 0 Å². The predicted octanol–water partition coefficient (Wildman–Crippen LogP) is 11.9. The molecule has 1 aliphatic rings. The van der Waals surface area contributed by atoms with Crippen LogP contribution in [0.2, 0.25) is 19.6 Å². The molecule has 0 saturated carbocycles. The Morgan fingerprint density at radius 1 is 0.660 bits per heavy atom. The molecule has 0 unspecified atom stereocenters. The van der Waals surface area contributed by atoms with Crippen LogP contribution in [0, 0.1) is 0 Å². The van der Waals surface area contributed by atoms with Crippen LogP contribution in [0.25, 0.3) is 72.5 Å². The normalized spacial score (nSPS) is 12.6. The Kier molecular flexibility index (Phi) is 7.47. The first-order valence-corrected chi connectivity index (χ1v) is 21.7. The number of nitrogens with zero attached hydrogens (tertiary/aromatic N) is 3. The Bertz CT molecular complexity index is 2740. The number of phenolic OH excluding ortho intramolecular Hbond substituents is 1. The summed E-state index contributed by atoms with van der Waals surface area (Å²) < 4.78 is 8.79. The van der Waals surface area contributed by atoms with Crippen molar-refractivity contribution in [2.75, 3.05) is 0 Å². The van der Waals surface area contributed by atoms with E-state index in [0.717, 1.165) is 72.7 Å². The van der Waals surface area contributed by atoms with E-state index >= 15 is 0 Å². The van der Waals surface area contributed by atoms with Gasteiger partial charge in [0, 0.05) is 16.7 Å². The molecule has 2 aromatic heterocycles. The van der Waals surface area contributed by atoms with Crippen LogP contribution in [-0.4, -0.2) is 27.7 Å². The number of fused-ring (bicyclic) bond motifs is 3. The van der Waals surface area contributed by atoms with Gasteiger partial charge in [0.1, 0.15) is 23.1 Å². The smallest absolute Gasteiger partial charge is 0.145 e. The molecule has 0 saturated heterocycles. The van der Waals surface area contributed by atoms with Crippen molar-refractivity contribution in [3.63, 3.8) is 0 Å². The highest BCUT2D eigenvalue weighted by atomic mass is 28.3. The second-order valence-corrected chi connectivity index (χ2v) is 21.2. The molecule has 0 amide bonds. The first kappa shape index (κ1) is 32.9. The zero-order chi connectivity index (χ0) is 36.6. The second-order valence-electron chi connectivity index (χ2n) is 16.1. The summed E-state index contributed by atoms with van der Waals surface area (Å²) in [4.78, 5) is 10.7. The minimum atomic E-state index is -1.72. The number of para-hydroxylation sites is 3. The molecule has 0 fully saturated rings. The number of hydrogen-bond donors (Lipinski definition) is 1. The van der Waals surface area contributed by atoms with Crippen LogP contribution in [0.5, 0.6) is 17.2 Å². The lowest BCUT2D eigenvalue weighted by Gasteiger charge is -2.26. The van der Waals surface area contributed by atoms with E-state index in [2.05, 4.69) is 154 Å². The van der Waals surface area contributed by atoms with Crippen molar-refractivity contribution in [2.24, 2.45) is 0 Å². The van der Waals surface area contributed by atoms with E-state index < -0.39 is 8.07 Å². The van der Waals surface area contributed by atoms with Gasteiger partial charge in [-0.1, -0.05) is 118 Å². The lowest BCUT2D eigenvalue weighted by molar-refractivity contribution is 0.458. The molecule has 0 bridgehead atoms. The van der Waals surface area contributed by atoms with E-state index in [1.807, 2.05) is 18.2 Å². The van der Waals surface area contributed by atoms with Crippen molar-refractivity contribution in [2.45, 2.75) is 45.8 Å². The molecule has 260 valence electrons. The zero-order valence-corrected chi connectivity index (χ0v) is 31.9. The van der Waals surface area contributed by atoms with Crippen LogP contribution in [0.1, 0.15) is 26.3 Å². The molecule has 8 aromatic rings. The Morgan fingerprint density at radius 2 is 1.40 bits per heavy atom. The summed E-state index contributed by atoms with van der Waals surface area (Å²) in [6, 6.07) is 46.4. The Labute approximate surface area is 311 Å². The molecule has 53 heavy (non-hydrogen) atoms. The van der Waals surface area contributed by atoms with Gasteiger partial charge >= 0.3 is 0 Å². The van der Waals surface area contributed by atoms with Crippen molar-refractivity contribution in [3.8, 4) is 68.0 Å². The highest BCUT2D eigenvalue weighted by Gasteiger charge is 2.29. The number of aromatic nitrogens is 3. The number of rotatable bonds is 5. The number of hydrogen-bond acceptors (Lipinski definition) is 4. The van der Waals surface area contributed by atoms with Crippen molar-refractivity contribution in [3.05, 3.63) is 139 Å². The quantitative estimate of drug-likeness (QED) is 0.181. The fraction of sp³-hybridized carbons (Fsp3) is 0.149. The van der Waals surface area contributed by atoms with E-state index in [0.29, 0.717) is 11.3 Å². The first-order valence-electron chi connectivity index (χ1n) is 18.2. The maximum absolute atomic E-state index is 11.2. The third kappa shape index (κ3) is 5.61. The van der Waals surface area contributed by atoms with E-state index in [1.165, 1.54) is 10.8 Å². The summed E-state index contributed by atoms with van der Waals surface area (Å²) >= 11 is 0. The highest BCUT2D eigenvalue weighted by molar-refractivity contribution is 6.88. The van der Waals surface area contributed by atoms with Gasteiger partial charge in [-0.2, -0.15) is 0 Å². The van der Waals surface area contributed by atoms with E-state index in [9.17, 15) is 5.11 Å². The summed E-state index contributed by atoms with van der Waals surface area (Å²) in [5, 5.41) is 14.5. The molecular weight excluding hydrogens is 667 g/mol.